The average Bonchev–Trinajstić information content (AvgIpc) is 2.95. The number of carboxylic acid groups (broad SMARTS) is 1. The lowest BCUT2D eigenvalue weighted by molar-refractivity contribution is -0.146. The summed E-state index contributed by atoms with van der Waals surface area (Å²) in [5, 5.41) is 18.4. The number of nitrogens with zero attached hydrogens (tertiary/aromatic N) is 1. The second-order valence-electron chi connectivity index (χ2n) is 4.66. The fourth-order valence-electron chi connectivity index (χ4n) is 2.00. The molecule has 1 heterocycles. The van der Waals surface area contributed by atoms with E-state index >= 15 is 0 Å². The van der Waals surface area contributed by atoms with Gasteiger partial charge < -0.3 is 14.8 Å². The third-order valence-electron chi connectivity index (χ3n) is 3.13. The van der Waals surface area contributed by atoms with Crippen molar-refractivity contribution >= 4 is 17.5 Å². The number of aromatic nitrogens is 1. The standard InChI is InChI=1S/C16H14FNO4/c17-12-5-3-11(4-6-12)7-9-18-8-1-2-13(18)14(19)10-15(20)16(21)22/h1-6,8,10,19H,7,9H2,(H,21,22). The molecule has 2 rings (SSSR count). The molecule has 1 aromatic carbocycles. The SMILES string of the molecule is O=C(O)C(=O)C=C(O)c1cccn1CCc1ccc(F)cc1. The number of aliphatic hydroxyl groups excluding tert-OH is 1. The van der Waals surface area contributed by atoms with Gasteiger partial charge >= 0.3 is 5.97 Å². The highest BCUT2D eigenvalue weighted by atomic mass is 19.1. The van der Waals surface area contributed by atoms with Gasteiger partial charge in [0.05, 0.1) is 5.69 Å². The smallest absolute Gasteiger partial charge is 0.376 e. The first-order chi connectivity index (χ1) is 10.5. The molecule has 0 saturated heterocycles. The zero-order chi connectivity index (χ0) is 16.1. The monoisotopic (exact) mass is 303 g/mol. The summed E-state index contributed by atoms with van der Waals surface area (Å²) in [4.78, 5) is 21.6. The van der Waals surface area contributed by atoms with Crippen LogP contribution in [0.2, 0.25) is 0 Å². The molecule has 6 heteroatoms. The van der Waals surface area contributed by atoms with Crippen LogP contribution in [0.1, 0.15) is 11.3 Å². The minimum Gasteiger partial charge on any atom is -0.506 e. The molecular weight excluding hydrogens is 289 g/mol. The number of benzene rings is 1. The molecule has 0 spiro atoms. The molecule has 114 valence electrons. The average molecular weight is 303 g/mol. The van der Waals surface area contributed by atoms with Gasteiger partial charge in [0.2, 0.25) is 0 Å². The van der Waals surface area contributed by atoms with Crippen molar-refractivity contribution in [3.05, 3.63) is 65.7 Å². The number of carboxylic acids is 1. The van der Waals surface area contributed by atoms with Crippen LogP contribution in [0.25, 0.3) is 5.76 Å². The third-order valence-corrected chi connectivity index (χ3v) is 3.13. The lowest BCUT2D eigenvalue weighted by atomic mass is 10.1. The van der Waals surface area contributed by atoms with E-state index in [1.54, 1.807) is 35.0 Å². The second-order valence-corrected chi connectivity index (χ2v) is 4.66. The lowest BCUT2D eigenvalue weighted by Gasteiger charge is -2.08. The maximum Gasteiger partial charge on any atom is 0.376 e. The van der Waals surface area contributed by atoms with E-state index in [9.17, 15) is 19.1 Å². The summed E-state index contributed by atoms with van der Waals surface area (Å²) in [7, 11) is 0. The molecule has 22 heavy (non-hydrogen) atoms. The van der Waals surface area contributed by atoms with Crippen LogP contribution >= 0.6 is 0 Å². The maximum absolute atomic E-state index is 12.8. The quantitative estimate of drug-likeness (QED) is 0.488. The molecule has 0 unspecified atom stereocenters. The molecule has 0 bridgehead atoms. The molecule has 2 N–H and O–H groups in total. The Bertz CT molecular complexity index is 716. The van der Waals surface area contributed by atoms with Gasteiger partial charge in [-0.2, -0.15) is 0 Å². The molecule has 0 aliphatic carbocycles. The maximum atomic E-state index is 12.8. The van der Waals surface area contributed by atoms with Crippen molar-refractivity contribution in [3.63, 3.8) is 0 Å². The summed E-state index contributed by atoms with van der Waals surface area (Å²) in [5.74, 6) is -3.53. The van der Waals surface area contributed by atoms with E-state index in [4.69, 9.17) is 5.11 Å². The van der Waals surface area contributed by atoms with Gasteiger partial charge in [0.15, 0.2) is 0 Å². The molecule has 0 aliphatic rings. The second kappa shape index (κ2) is 6.71. The molecule has 0 saturated carbocycles. The predicted molar refractivity (Wildman–Crippen MR) is 77.8 cm³/mol. The number of halogens is 1. The Morgan fingerprint density at radius 1 is 1.14 bits per heavy atom. The molecule has 5 nitrogen and oxygen atoms in total. The number of hydrogen-bond acceptors (Lipinski definition) is 3. The fraction of sp³-hybridized carbons (Fsp3) is 0.125. The molecular formula is C16H14FNO4. The zero-order valence-corrected chi connectivity index (χ0v) is 11.6. The summed E-state index contributed by atoms with van der Waals surface area (Å²) in [6.07, 6.45) is 2.97. The first-order valence-corrected chi connectivity index (χ1v) is 6.55. The summed E-state index contributed by atoms with van der Waals surface area (Å²) in [6, 6.07) is 9.33. The van der Waals surface area contributed by atoms with Crippen LogP contribution in [-0.2, 0) is 22.6 Å². The van der Waals surface area contributed by atoms with Crippen LogP contribution in [0.5, 0.6) is 0 Å². The van der Waals surface area contributed by atoms with E-state index in [0.29, 0.717) is 24.7 Å². The van der Waals surface area contributed by atoms with Gasteiger partial charge in [0, 0.05) is 18.8 Å². The Morgan fingerprint density at radius 2 is 1.82 bits per heavy atom. The van der Waals surface area contributed by atoms with E-state index in [-0.39, 0.29) is 5.82 Å². The largest absolute Gasteiger partial charge is 0.506 e. The molecule has 0 radical (unpaired) electrons. The number of ketones is 1. The van der Waals surface area contributed by atoms with Gasteiger partial charge in [-0.1, -0.05) is 12.1 Å². The Labute approximate surface area is 125 Å². The Kier molecular flexibility index (Phi) is 4.73. The Morgan fingerprint density at radius 3 is 2.45 bits per heavy atom. The van der Waals surface area contributed by atoms with Crippen LogP contribution in [0.4, 0.5) is 4.39 Å². The zero-order valence-electron chi connectivity index (χ0n) is 11.6. The van der Waals surface area contributed by atoms with Crippen molar-refractivity contribution in [2.45, 2.75) is 13.0 Å². The van der Waals surface area contributed by atoms with Crippen LogP contribution in [0.15, 0.2) is 48.7 Å². The number of rotatable bonds is 6. The first-order valence-electron chi connectivity index (χ1n) is 6.55. The first kappa shape index (κ1) is 15.5. The highest BCUT2D eigenvalue weighted by Crippen LogP contribution is 2.14. The predicted octanol–water partition coefficient (Wildman–Crippen LogP) is 2.42. The topological polar surface area (TPSA) is 79.5 Å². The van der Waals surface area contributed by atoms with E-state index in [1.165, 1.54) is 12.1 Å². The van der Waals surface area contributed by atoms with Gasteiger partial charge in [-0.15, -0.1) is 0 Å². The number of aliphatic carboxylic acids is 1. The molecule has 0 fully saturated rings. The van der Waals surface area contributed by atoms with Crippen LogP contribution in [-0.4, -0.2) is 26.5 Å². The van der Waals surface area contributed by atoms with Gasteiger partial charge in [-0.05, 0) is 36.2 Å². The van der Waals surface area contributed by atoms with Crippen molar-refractivity contribution in [1.29, 1.82) is 0 Å². The minimum absolute atomic E-state index is 0.307. The van der Waals surface area contributed by atoms with Crippen molar-refractivity contribution in [2.24, 2.45) is 0 Å². The highest BCUT2D eigenvalue weighted by molar-refractivity contribution is 6.38. The molecule has 1 aromatic heterocycles. The summed E-state index contributed by atoms with van der Waals surface area (Å²) < 4.78 is 14.5. The molecule has 0 atom stereocenters. The van der Waals surface area contributed by atoms with Crippen molar-refractivity contribution in [1.82, 2.24) is 4.57 Å². The minimum atomic E-state index is -1.63. The van der Waals surface area contributed by atoms with Crippen LogP contribution in [0.3, 0.4) is 0 Å². The summed E-state index contributed by atoms with van der Waals surface area (Å²) in [5.41, 5.74) is 1.27. The van der Waals surface area contributed by atoms with Crippen molar-refractivity contribution < 1.29 is 24.2 Å². The van der Waals surface area contributed by atoms with Gasteiger partial charge in [-0.25, -0.2) is 9.18 Å². The van der Waals surface area contributed by atoms with Crippen molar-refractivity contribution in [3.8, 4) is 0 Å². The summed E-state index contributed by atoms with van der Waals surface area (Å²) >= 11 is 0. The van der Waals surface area contributed by atoms with Gasteiger partial charge in [0.25, 0.3) is 5.78 Å². The number of aryl methyl sites for hydroxylation is 2. The van der Waals surface area contributed by atoms with E-state index in [2.05, 4.69) is 0 Å². The number of hydrogen-bond donors (Lipinski definition) is 2. The highest BCUT2D eigenvalue weighted by Gasteiger charge is 2.12. The molecule has 0 aliphatic heterocycles. The Hall–Kier alpha value is -2.89. The van der Waals surface area contributed by atoms with E-state index in [0.717, 1.165) is 5.56 Å². The van der Waals surface area contributed by atoms with Crippen molar-refractivity contribution in [2.75, 3.05) is 0 Å². The number of aliphatic hydroxyl groups is 1. The van der Waals surface area contributed by atoms with Crippen LogP contribution < -0.4 is 0 Å². The molecule has 0 amide bonds. The third kappa shape index (κ3) is 3.82. The lowest BCUT2D eigenvalue weighted by Crippen LogP contribution is -2.11. The van der Waals surface area contributed by atoms with Crippen LogP contribution in [0, 0.1) is 5.82 Å². The Balaban J connectivity index is 2.11. The van der Waals surface area contributed by atoms with E-state index in [1.807, 2.05) is 0 Å². The fourth-order valence-corrected chi connectivity index (χ4v) is 2.00. The number of carbonyl (C=O) groups excluding carboxylic acids is 1. The normalized spacial score (nSPS) is 11.4. The molecule has 2 aromatic rings. The summed E-state index contributed by atoms with van der Waals surface area (Å²) in [6.45, 7) is 0.493. The van der Waals surface area contributed by atoms with E-state index < -0.39 is 17.5 Å². The number of carbonyl (C=O) groups is 2. The van der Waals surface area contributed by atoms with Gasteiger partial charge in [0.1, 0.15) is 11.6 Å². The van der Waals surface area contributed by atoms with Gasteiger partial charge in [-0.3, -0.25) is 4.79 Å².